The molecule has 0 radical (unpaired) electrons. The number of amides is 1. The maximum absolute atomic E-state index is 12.1. The van der Waals surface area contributed by atoms with E-state index in [9.17, 15) is 4.79 Å². The predicted octanol–water partition coefficient (Wildman–Crippen LogP) is 8.14. The number of aryl methyl sites for hydroxylation is 2. The number of benzene rings is 1. The Labute approximate surface area is 175 Å². The quantitative estimate of drug-likeness (QED) is 0.262. The van der Waals surface area contributed by atoms with E-state index in [4.69, 9.17) is 0 Å². The fourth-order valence-electron chi connectivity index (χ4n) is 4.02. The number of rotatable bonds is 16. The third kappa shape index (κ3) is 10.9. The molecule has 0 heterocycles. The van der Waals surface area contributed by atoms with Gasteiger partial charge in [-0.2, -0.15) is 0 Å². The van der Waals surface area contributed by atoms with Crippen molar-refractivity contribution in [2.24, 2.45) is 0 Å². The predicted molar refractivity (Wildman–Crippen MR) is 124 cm³/mol. The van der Waals surface area contributed by atoms with Gasteiger partial charge in [-0.05, 0) is 31.9 Å². The van der Waals surface area contributed by atoms with Crippen LogP contribution in [0.5, 0.6) is 0 Å². The molecule has 1 aromatic carbocycles. The second-order valence-corrected chi connectivity index (χ2v) is 8.56. The van der Waals surface area contributed by atoms with Crippen molar-refractivity contribution in [2.45, 2.75) is 118 Å². The minimum absolute atomic E-state index is 0.154. The van der Waals surface area contributed by atoms with Gasteiger partial charge in [-0.3, -0.25) is 4.79 Å². The van der Waals surface area contributed by atoms with Crippen molar-refractivity contribution in [3.63, 3.8) is 0 Å². The molecule has 0 saturated heterocycles. The number of anilines is 1. The van der Waals surface area contributed by atoms with Crippen molar-refractivity contribution >= 4 is 11.6 Å². The molecular formula is C26H45NO. The third-order valence-corrected chi connectivity index (χ3v) is 5.76. The fraction of sp³-hybridized carbons (Fsp3) is 0.731. The molecule has 28 heavy (non-hydrogen) atoms. The van der Waals surface area contributed by atoms with Gasteiger partial charge in [-0.15, -0.1) is 0 Å². The van der Waals surface area contributed by atoms with Crippen molar-refractivity contribution in [1.29, 1.82) is 0 Å². The molecule has 0 aliphatic carbocycles. The van der Waals surface area contributed by atoms with Crippen LogP contribution in [0.1, 0.15) is 115 Å². The molecule has 0 fully saturated rings. The van der Waals surface area contributed by atoms with Crippen LogP contribution in [0.4, 0.5) is 5.69 Å². The zero-order valence-corrected chi connectivity index (χ0v) is 19.2. The van der Waals surface area contributed by atoms with Crippen LogP contribution in [-0.2, 0) is 4.79 Å². The van der Waals surface area contributed by atoms with Crippen molar-refractivity contribution in [3.8, 4) is 0 Å². The van der Waals surface area contributed by atoms with E-state index in [0.29, 0.717) is 0 Å². The van der Waals surface area contributed by atoms with Crippen LogP contribution in [0.25, 0.3) is 0 Å². The largest absolute Gasteiger partial charge is 0.312 e. The molecule has 1 amide bonds. The van der Waals surface area contributed by atoms with Crippen molar-refractivity contribution in [2.75, 3.05) is 11.4 Å². The van der Waals surface area contributed by atoms with E-state index in [-0.39, 0.29) is 5.91 Å². The number of nitrogens with zero attached hydrogens (tertiary/aromatic N) is 1. The van der Waals surface area contributed by atoms with Crippen LogP contribution in [0, 0.1) is 13.8 Å². The zero-order valence-electron chi connectivity index (χ0n) is 19.2. The highest BCUT2D eigenvalue weighted by Crippen LogP contribution is 2.22. The van der Waals surface area contributed by atoms with Gasteiger partial charge >= 0.3 is 0 Å². The highest BCUT2D eigenvalue weighted by Gasteiger charge is 2.13. The van der Waals surface area contributed by atoms with Crippen LogP contribution in [0.15, 0.2) is 18.2 Å². The van der Waals surface area contributed by atoms with Crippen LogP contribution in [0.3, 0.4) is 0 Å². The third-order valence-electron chi connectivity index (χ3n) is 5.76. The summed E-state index contributed by atoms with van der Waals surface area (Å²) in [5.41, 5.74) is 3.52. The smallest absolute Gasteiger partial charge is 0.223 e. The molecule has 2 nitrogen and oxygen atoms in total. The number of hydrogen-bond acceptors (Lipinski definition) is 1. The van der Waals surface area contributed by atoms with Gasteiger partial charge in [0.05, 0.1) is 0 Å². The van der Waals surface area contributed by atoms with Gasteiger partial charge < -0.3 is 4.90 Å². The summed E-state index contributed by atoms with van der Waals surface area (Å²) < 4.78 is 0. The number of unbranched alkanes of at least 4 members (excludes halogenated alkanes) is 13. The maximum atomic E-state index is 12.1. The Morgan fingerprint density at radius 3 is 1.64 bits per heavy atom. The molecule has 160 valence electrons. The van der Waals surface area contributed by atoms with Gasteiger partial charge in [0.25, 0.3) is 0 Å². The molecule has 0 spiro atoms. The molecule has 0 aromatic heterocycles. The minimum atomic E-state index is 0.154. The standard InChI is InChI=1S/C26H45NO/c1-5-6-7-8-9-10-11-12-13-14-15-16-17-18-21-27(25(4)28)26-20-19-23(2)22-24(26)3/h19-20,22H,5-18,21H2,1-4H3. The van der Waals surface area contributed by atoms with Gasteiger partial charge in [0, 0.05) is 19.2 Å². The van der Waals surface area contributed by atoms with E-state index < -0.39 is 0 Å². The SMILES string of the molecule is CCCCCCCCCCCCCCCCN(C(C)=O)c1ccc(C)cc1C. The van der Waals surface area contributed by atoms with Gasteiger partial charge in [0.2, 0.25) is 5.91 Å². The lowest BCUT2D eigenvalue weighted by molar-refractivity contribution is -0.116. The number of carbonyl (C=O) groups excluding carboxylic acids is 1. The maximum Gasteiger partial charge on any atom is 0.223 e. The highest BCUT2D eigenvalue weighted by atomic mass is 16.2. The van der Waals surface area contributed by atoms with Crippen molar-refractivity contribution < 1.29 is 4.79 Å². The molecular weight excluding hydrogens is 342 g/mol. The first kappa shape index (κ1) is 24.7. The lowest BCUT2D eigenvalue weighted by Gasteiger charge is -2.23. The second-order valence-electron chi connectivity index (χ2n) is 8.56. The van der Waals surface area contributed by atoms with Gasteiger partial charge in [-0.1, -0.05) is 108 Å². The van der Waals surface area contributed by atoms with Crippen LogP contribution < -0.4 is 4.90 Å². The Morgan fingerprint density at radius 2 is 1.21 bits per heavy atom. The van der Waals surface area contributed by atoms with Crippen molar-refractivity contribution in [3.05, 3.63) is 29.3 Å². The van der Waals surface area contributed by atoms with E-state index >= 15 is 0 Å². The van der Waals surface area contributed by atoms with E-state index in [1.165, 1.54) is 94.6 Å². The van der Waals surface area contributed by atoms with Crippen LogP contribution >= 0.6 is 0 Å². The minimum Gasteiger partial charge on any atom is -0.312 e. The monoisotopic (exact) mass is 387 g/mol. The molecule has 1 rings (SSSR count). The number of carbonyl (C=O) groups is 1. The Kier molecular flexibility index (Phi) is 13.8. The molecule has 1 aromatic rings. The summed E-state index contributed by atoms with van der Waals surface area (Å²) in [7, 11) is 0. The normalized spacial score (nSPS) is 11.0. The summed E-state index contributed by atoms with van der Waals surface area (Å²) in [5, 5.41) is 0. The van der Waals surface area contributed by atoms with Crippen LogP contribution in [0.2, 0.25) is 0 Å². The lowest BCUT2D eigenvalue weighted by atomic mass is 10.0. The average Bonchev–Trinajstić information content (AvgIpc) is 2.65. The average molecular weight is 388 g/mol. The molecule has 0 saturated carbocycles. The molecule has 0 unspecified atom stereocenters. The second kappa shape index (κ2) is 15.6. The lowest BCUT2D eigenvalue weighted by Crippen LogP contribution is -2.30. The van der Waals surface area contributed by atoms with E-state index in [1.807, 2.05) is 4.90 Å². The molecule has 0 N–H and O–H groups in total. The van der Waals surface area contributed by atoms with Crippen LogP contribution in [-0.4, -0.2) is 12.5 Å². The number of hydrogen-bond donors (Lipinski definition) is 0. The fourth-order valence-corrected chi connectivity index (χ4v) is 4.02. The van der Waals surface area contributed by atoms with Gasteiger partial charge in [-0.25, -0.2) is 0 Å². The Bertz CT molecular complexity index is 537. The Balaban J connectivity index is 2.05. The Hall–Kier alpha value is -1.31. The summed E-state index contributed by atoms with van der Waals surface area (Å²) >= 11 is 0. The van der Waals surface area contributed by atoms with Gasteiger partial charge in [0.1, 0.15) is 0 Å². The summed E-state index contributed by atoms with van der Waals surface area (Å²) in [5.74, 6) is 0.154. The summed E-state index contributed by atoms with van der Waals surface area (Å²) in [6, 6.07) is 6.36. The topological polar surface area (TPSA) is 20.3 Å². The summed E-state index contributed by atoms with van der Waals surface area (Å²) in [6.45, 7) is 9.01. The Morgan fingerprint density at radius 1 is 0.750 bits per heavy atom. The molecule has 0 aliphatic heterocycles. The molecule has 0 bridgehead atoms. The van der Waals surface area contributed by atoms with E-state index in [1.54, 1.807) is 6.92 Å². The molecule has 2 heteroatoms. The highest BCUT2D eigenvalue weighted by molar-refractivity contribution is 5.92. The molecule has 0 atom stereocenters. The van der Waals surface area contributed by atoms with Gasteiger partial charge in [0.15, 0.2) is 0 Å². The summed E-state index contributed by atoms with van der Waals surface area (Å²) in [4.78, 5) is 14.0. The first-order valence-electron chi connectivity index (χ1n) is 11.9. The first-order valence-corrected chi connectivity index (χ1v) is 11.9. The molecule has 0 aliphatic rings. The van der Waals surface area contributed by atoms with E-state index in [2.05, 4.69) is 39.0 Å². The zero-order chi connectivity index (χ0) is 20.6. The first-order chi connectivity index (χ1) is 13.6. The van der Waals surface area contributed by atoms with E-state index in [0.717, 1.165) is 18.7 Å². The van der Waals surface area contributed by atoms with Crippen molar-refractivity contribution in [1.82, 2.24) is 0 Å². The summed E-state index contributed by atoms with van der Waals surface area (Å²) in [6.07, 6.45) is 19.1.